The average Bonchev–Trinajstić information content (AvgIpc) is 3.41. The number of rotatable bonds is 4. The third kappa shape index (κ3) is 3.15. The lowest BCUT2D eigenvalue weighted by Crippen LogP contribution is -2.23. The lowest BCUT2D eigenvalue weighted by atomic mass is 10.0. The van der Waals surface area contributed by atoms with E-state index in [1.165, 1.54) is 55.0 Å². The van der Waals surface area contributed by atoms with E-state index in [1.54, 1.807) is 11.3 Å². The lowest BCUT2D eigenvalue weighted by Gasteiger charge is -2.21. The number of fused-ring (bicyclic) bond motifs is 1. The van der Waals surface area contributed by atoms with Crippen molar-refractivity contribution < 1.29 is 4.74 Å². The second kappa shape index (κ2) is 6.82. The highest BCUT2D eigenvalue weighted by Gasteiger charge is 2.30. The van der Waals surface area contributed by atoms with Gasteiger partial charge in [0, 0.05) is 24.2 Å². The summed E-state index contributed by atoms with van der Waals surface area (Å²) in [5.74, 6) is 1.19. The average molecular weight is 359 g/mol. The first-order valence-corrected chi connectivity index (χ1v) is 10.6. The maximum absolute atomic E-state index is 5.78. The van der Waals surface area contributed by atoms with Gasteiger partial charge in [-0.15, -0.1) is 11.3 Å². The SMILES string of the molecule is c1sc([C@H]2CCCO2)nc1CN1CCC[C@@H]1c1nc2c([nH]1)CCCC2. The predicted octanol–water partition coefficient (Wildman–Crippen LogP) is 3.93. The molecule has 6 heteroatoms. The molecule has 2 saturated heterocycles. The third-order valence-corrected chi connectivity index (χ3v) is 6.78. The van der Waals surface area contributed by atoms with Crippen molar-refractivity contribution in [3.8, 4) is 0 Å². The van der Waals surface area contributed by atoms with Crippen molar-refractivity contribution >= 4 is 11.3 Å². The minimum atomic E-state index is 0.241. The van der Waals surface area contributed by atoms with Gasteiger partial charge in [0.25, 0.3) is 0 Å². The molecule has 1 N–H and O–H groups in total. The molecule has 2 aromatic heterocycles. The Morgan fingerprint density at radius 3 is 3.00 bits per heavy atom. The van der Waals surface area contributed by atoms with Gasteiger partial charge >= 0.3 is 0 Å². The number of H-pyrrole nitrogens is 1. The quantitative estimate of drug-likeness (QED) is 0.900. The molecule has 2 atom stereocenters. The molecule has 134 valence electrons. The Labute approximate surface area is 152 Å². The van der Waals surface area contributed by atoms with Crippen LogP contribution in [0.3, 0.4) is 0 Å². The van der Waals surface area contributed by atoms with E-state index in [4.69, 9.17) is 14.7 Å². The molecular weight excluding hydrogens is 332 g/mol. The summed E-state index contributed by atoms with van der Waals surface area (Å²) in [5.41, 5.74) is 3.91. The Balaban J connectivity index is 1.30. The topological polar surface area (TPSA) is 54.0 Å². The monoisotopic (exact) mass is 358 g/mol. The minimum absolute atomic E-state index is 0.241. The smallest absolute Gasteiger partial charge is 0.124 e. The fourth-order valence-corrected chi connectivity index (χ4v) is 5.37. The Kier molecular flexibility index (Phi) is 4.36. The van der Waals surface area contributed by atoms with Crippen LogP contribution in [-0.2, 0) is 24.1 Å². The van der Waals surface area contributed by atoms with Gasteiger partial charge in [-0.25, -0.2) is 9.97 Å². The maximum Gasteiger partial charge on any atom is 0.124 e. The van der Waals surface area contributed by atoms with Crippen molar-refractivity contribution in [2.24, 2.45) is 0 Å². The Morgan fingerprint density at radius 1 is 1.16 bits per heavy atom. The van der Waals surface area contributed by atoms with Gasteiger partial charge in [-0.2, -0.15) is 0 Å². The molecule has 0 unspecified atom stereocenters. The van der Waals surface area contributed by atoms with E-state index in [-0.39, 0.29) is 6.10 Å². The van der Waals surface area contributed by atoms with Crippen molar-refractivity contribution in [1.82, 2.24) is 19.9 Å². The van der Waals surface area contributed by atoms with Crippen LogP contribution >= 0.6 is 11.3 Å². The number of aryl methyl sites for hydroxylation is 2. The van der Waals surface area contributed by atoms with Gasteiger partial charge in [-0.05, 0) is 57.9 Å². The predicted molar refractivity (Wildman–Crippen MR) is 97.7 cm³/mol. The van der Waals surface area contributed by atoms with Gasteiger partial charge in [-0.3, -0.25) is 4.90 Å². The number of aromatic nitrogens is 3. The second-order valence-corrected chi connectivity index (χ2v) is 8.45. The Morgan fingerprint density at radius 2 is 2.12 bits per heavy atom. The van der Waals surface area contributed by atoms with Gasteiger partial charge < -0.3 is 9.72 Å². The van der Waals surface area contributed by atoms with Crippen LogP contribution in [0, 0.1) is 0 Å². The first-order valence-electron chi connectivity index (χ1n) is 9.74. The van der Waals surface area contributed by atoms with Gasteiger partial charge in [0.05, 0.1) is 17.4 Å². The number of hydrogen-bond donors (Lipinski definition) is 1. The number of nitrogens with zero attached hydrogens (tertiary/aromatic N) is 3. The first kappa shape index (κ1) is 16.0. The summed E-state index contributed by atoms with van der Waals surface area (Å²) in [6.07, 6.45) is 9.89. The summed E-state index contributed by atoms with van der Waals surface area (Å²) in [6.45, 7) is 2.96. The van der Waals surface area contributed by atoms with Gasteiger partial charge in [0.15, 0.2) is 0 Å². The summed E-state index contributed by atoms with van der Waals surface area (Å²) in [4.78, 5) is 16.0. The molecule has 0 saturated carbocycles. The van der Waals surface area contributed by atoms with Crippen LogP contribution in [0.15, 0.2) is 5.38 Å². The van der Waals surface area contributed by atoms with E-state index < -0.39 is 0 Å². The van der Waals surface area contributed by atoms with E-state index in [1.807, 2.05) is 0 Å². The number of likely N-dealkylation sites (tertiary alicyclic amines) is 1. The van der Waals surface area contributed by atoms with Crippen LogP contribution in [0.25, 0.3) is 0 Å². The zero-order valence-electron chi connectivity index (χ0n) is 14.7. The number of thiazole rings is 1. The molecule has 2 fully saturated rings. The fourth-order valence-electron chi connectivity index (χ4n) is 4.48. The molecule has 3 aliphatic rings. The molecular formula is C19H26N4OS. The Bertz CT molecular complexity index is 710. The van der Waals surface area contributed by atoms with Crippen LogP contribution in [0.4, 0.5) is 0 Å². The summed E-state index contributed by atoms with van der Waals surface area (Å²) in [5, 5.41) is 3.39. The number of aromatic amines is 1. The lowest BCUT2D eigenvalue weighted by molar-refractivity contribution is 0.111. The summed E-state index contributed by atoms with van der Waals surface area (Å²) in [6, 6.07) is 0.429. The minimum Gasteiger partial charge on any atom is -0.371 e. The number of hydrogen-bond acceptors (Lipinski definition) is 5. The van der Waals surface area contributed by atoms with Crippen LogP contribution in [0.1, 0.15) is 78.6 Å². The van der Waals surface area contributed by atoms with Gasteiger partial charge in [0.1, 0.15) is 16.9 Å². The summed E-state index contributed by atoms with van der Waals surface area (Å²) in [7, 11) is 0. The van der Waals surface area contributed by atoms with Crippen molar-refractivity contribution in [3.63, 3.8) is 0 Å². The summed E-state index contributed by atoms with van der Waals surface area (Å²) >= 11 is 1.76. The first-order chi connectivity index (χ1) is 12.4. The highest BCUT2D eigenvalue weighted by Crippen LogP contribution is 2.35. The van der Waals surface area contributed by atoms with Crippen molar-refractivity contribution in [1.29, 1.82) is 0 Å². The molecule has 2 aromatic rings. The molecule has 5 nitrogen and oxygen atoms in total. The fraction of sp³-hybridized carbons (Fsp3) is 0.684. The van der Waals surface area contributed by atoms with Crippen LogP contribution in [0.2, 0.25) is 0 Å². The zero-order valence-corrected chi connectivity index (χ0v) is 15.5. The van der Waals surface area contributed by atoms with E-state index in [2.05, 4.69) is 15.3 Å². The largest absolute Gasteiger partial charge is 0.371 e. The highest BCUT2D eigenvalue weighted by atomic mass is 32.1. The molecule has 0 radical (unpaired) electrons. The van der Waals surface area contributed by atoms with Crippen molar-refractivity contribution in [2.75, 3.05) is 13.2 Å². The standard InChI is InChI=1S/C19H26N4OS/c1-2-6-15-14(5-1)21-18(22-15)16-7-3-9-23(16)11-13-12-25-19(20-13)17-8-4-10-24-17/h12,16-17H,1-11H2,(H,21,22)/t16-,17-/m1/s1. The molecule has 5 rings (SSSR count). The number of ether oxygens (including phenoxy) is 1. The maximum atomic E-state index is 5.78. The van der Waals surface area contributed by atoms with Crippen LogP contribution in [0.5, 0.6) is 0 Å². The van der Waals surface area contributed by atoms with Crippen molar-refractivity contribution in [3.05, 3.63) is 33.3 Å². The zero-order chi connectivity index (χ0) is 16.6. The third-order valence-electron chi connectivity index (χ3n) is 5.79. The second-order valence-electron chi connectivity index (χ2n) is 7.56. The number of nitrogens with one attached hydrogen (secondary N) is 1. The van der Waals surface area contributed by atoms with Gasteiger partial charge in [-0.1, -0.05) is 0 Å². The molecule has 0 aromatic carbocycles. The molecule has 25 heavy (non-hydrogen) atoms. The molecule has 0 spiro atoms. The molecule has 0 bridgehead atoms. The number of imidazole rings is 1. The molecule has 4 heterocycles. The van der Waals surface area contributed by atoms with E-state index in [0.29, 0.717) is 6.04 Å². The Hall–Kier alpha value is -1.24. The van der Waals surface area contributed by atoms with Crippen LogP contribution < -0.4 is 0 Å². The highest BCUT2D eigenvalue weighted by molar-refractivity contribution is 7.09. The van der Waals surface area contributed by atoms with E-state index in [0.717, 1.165) is 44.0 Å². The summed E-state index contributed by atoms with van der Waals surface area (Å²) < 4.78 is 5.78. The van der Waals surface area contributed by atoms with Crippen LogP contribution in [-0.4, -0.2) is 33.0 Å². The van der Waals surface area contributed by atoms with E-state index in [9.17, 15) is 0 Å². The van der Waals surface area contributed by atoms with Crippen molar-refractivity contribution in [2.45, 2.75) is 70.1 Å². The van der Waals surface area contributed by atoms with E-state index >= 15 is 0 Å². The molecule has 0 amide bonds. The van der Waals surface area contributed by atoms with Gasteiger partial charge in [0.2, 0.25) is 0 Å². The molecule has 1 aliphatic carbocycles. The molecule has 2 aliphatic heterocycles. The normalized spacial score (nSPS) is 27.0.